The second-order valence-electron chi connectivity index (χ2n) is 3.64. The zero-order valence-electron chi connectivity index (χ0n) is 9.23. The van der Waals surface area contributed by atoms with Gasteiger partial charge in [-0.1, -0.05) is 6.07 Å². The van der Waals surface area contributed by atoms with Gasteiger partial charge in [0.1, 0.15) is 0 Å². The van der Waals surface area contributed by atoms with E-state index >= 15 is 0 Å². The van der Waals surface area contributed by atoms with E-state index in [9.17, 15) is 14.4 Å². The molecule has 0 atom stereocenters. The molecule has 94 valence electrons. The second-order valence-corrected chi connectivity index (χ2v) is 3.64. The summed E-state index contributed by atoms with van der Waals surface area (Å²) >= 11 is 0. The normalized spacial score (nSPS) is 10.4. The molecule has 0 unspecified atom stereocenters. The molecule has 1 amide bonds. The summed E-state index contributed by atoms with van der Waals surface area (Å²) in [4.78, 5) is 35.3. The molecule has 7 heteroatoms. The minimum atomic E-state index is -1.04. The number of hydrogen-bond acceptors (Lipinski definition) is 4. The van der Waals surface area contributed by atoms with E-state index in [0.29, 0.717) is 11.2 Å². The largest absolute Gasteiger partial charge is 0.481 e. The third-order valence-electron chi connectivity index (χ3n) is 2.29. The standard InChI is InChI=1S/C11H10N2O5/c14-8(4-5-9(15)16)12-6-2-1-3-7-10(6)18-11(17)13-7/h1-3H,4-5H2,(H,12,14)(H,13,17)(H,15,16). The summed E-state index contributed by atoms with van der Waals surface area (Å²) in [5.74, 6) is -2.11. The molecule has 0 aliphatic carbocycles. The number of carboxylic acids is 1. The fourth-order valence-corrected chi connectivity index (χ4v) is 1.51. The number of nitrogens with one attached hydrogen (secondary N) is 2. The summed E-state index contributed by atoms with van der Waals surface area (Å²) in [5, 5.41) is 11.0. The van der Waals surface area contributed by atoms with Crippen molar-refractivity contribution in [1.82, 2.24) is 4.98 Å². The lowest BCUT2D eigenvalue weighted by Crippen LogP contribution is -2.13. The molecule has 0 saturated heterocycles. The number of H-pyrrole nitrogens is 1. The molecule has 18 heavy (non-hydrogen) atoms. The Bertz CT molecular complexity index is 655. The molecule has 2 aromatic rings. The van der Waals surface area contributed by atoms with Crippen molar-refractivity contribution < 1.29 is 19.1 Å². The van der Waals surface area contributed by atoms with Gasteiger partial charge in [-0.05, 0) is 12.1 Å². The molecule has 1 aromatic carbocycles. The molecule has 0 radical (unpaired) electrons. The number of fused-ring (bicyclic) bond motifs is 1. The van der Waals surface area contributed by atoms with Crippen molar-refractivity contribution in [3.63, 3.8) is 0 Å². The molecular weight excluding hydrogens is 240 g/mol. The zero-order chi connectivity index (χ0) is 13.1. The Labute approximate surface area is 100 Å². The first-order chi connectivity index (χ1) is 8.56. The molecular formula is C11H10N2O5. The number of carbonyl (C=O) groups excluding carboxylic acids is 1. The van der Waals surface area contributed by atoms with E-state index in [1.54, 1.807) is 18.2 Å². The number of oxazole rings is 1. The summed E-state index contributed by atoms with van der Waals surface area (Å²) in [6.07, 6.45) is -0.390. The first kappa shape index (κ1) is 11.9. The smallest absolute Gasteiger partial charge is 0.417 e. The van der Waals surface area contributed by atoms with Gasteiger partial charge in [-0.3, -0.25) is 14.6 Å². The van der Waals surface area contributed by atoms with Gasteiger partial charge in [0, 0.05) is 6.42 Å². The number of carboxylic acid groups (broad SMARTS) is 1. The second kappa shape index (κ2) is 4.74. The Hall–Kier alpha value is -2.57. The number of aromatic amines is 1. The van der Waals surface area contributed by atoms with Crippen LogP contribution in [0.1, 0.15) is 12.8 Å². The van der Waals surface area contributed by atoms with Gasteiger partial charge < -0.3 is 14.8 Å². The number of amides is 1. The van der Waals surface area contributed by atoms with Crippen molar-refractivity contribution in [1.29, 1.82) is 0 Å². The lowest BCUT2D eigenvalue weighted by Gasteiger charge is -2.03. The zero-order valence-corrected chi connectivity index (χ0v) is 9.23. The molecule has 0 saturated carbocycles. The Morgan fingerprint density at radius 2 is 2.11 bits per heavy atom. The van der Waals surface area contributed by atoms with E-state index in [2.05, 4.69) is 10.3 Å². The van der Waals surface area contributed by atoms with Crippen molar-refractivity contribution in [2.45, 2.75) is 12.8 Å². The molecule has 1 aromatic heterocycles. The van der Waals surface area contributed by atoms with Crippen LogP contribution in [-0.4, -0.2) is 22.0 Å². The van der Waals surface area contributed by atoms with Crippen molar-refractivity contribution in [2.75, 3.05) is 5.32 Å². The minimum absolute atomic E-state index is 0.139. The Morgan fingerprint density at radius 1 is 1.33 bits per heavy atom. The summed E-state index contributed by atoms with van der Waals surface area (Å²) in [6.45, 7) is 0. The van der Waals surface area contributed by atoms with Gasteiger partial charge in [0.05, 0.1) is 17.6 Å². The van der Waals surface area contributed by atoms with Crippen LogP contribution in [-0.2, 0) is 9.59 Å². The minimum Gasteiger partial charge on any atom is -0.481 e. The quantitative estimate of drug-likeness (QED) is 0.747. The van der Waals surface area contributed by atoms with Crippen molar-refractivity contribution in [3.05, 3.63) is 28.7 Å². The maximum absolute atomic E-state index is 11.5. The van der Waals surface area contributed by atoms with Crippen molar-refractivity contribution in [3.8, 4) is 0 Å². The van der Waals surface area contributed by atoms with E-state index in [-0.39, 0.29) is 18.4 Å². The fourth-order valence-electron chi connectivity index (χ4n) is 1.51. The van der Waals surface area contributed by atoms with Crippen LogP contribution >= 0.6 is 0 Å². The van der Waals surface area contributed by atoms with Gasteiger partial charge in [-0.25, -0.2) is 4.79 Å². The first-order valence-electron chi connectivity index (χ1n) is 5.20. The molecule has 0 fully saturated rings. The maximum atomic E-state index is 11.5. The number of hydrogen-bond donors (Lipinski definition) is 3. The van der Waals surface area contributed by atoms with Crippen LogP contribution in [0.3, 0.4) is 0 Å². The van der Waals surface area contributed by atoms with E-state index in [1.807, 2.05) is 0 Å². The van der Waals surface area contributed by atoms with Crippen LogP contribution in [0.15, 0.2) is 27.4 Å². The lowest BCUT2D eigenvalue weighted by atomic mass is 10.2. The number of benzene rings is 1. The predicted octanol–water partition coefficient (Wildman–Crippen LogP) is 0.924. The highest BCUT2D eigenvalue weighted by Gasteiger charge is 2.10. The average molecular weight is 250 g/mol. The number of carbonyl (C=O) groups is 2. The van der Waals surface area contributed by atoms with Crippen LogP contribution in [0.2, 0.25) is 0 Å². The van der Waals surface area contributed by atoms with Gasteiger partial charge >= 0.3 is 11.7 Å². The SMILES string of the molecule is O=C(O)CCC(=O)Nc1cccc2[nH]c(=O)oc12. The van der Waals surface area contributed by atoms with Crippen molar-refractivity contribution in [2.24, 2.45) is 0 Å². The lowest BCUT2D eigenvalue weighted by molar-refractivity contribution is -0.138. The average Bonchev–Trinajstić information content (AvgIpc) is 2.68. The molecule has 7 nitrogen and oxygen atoms in total. The van der Waals surface area contributed by atoms with E-state index < -0.39 is 17.6 Å². The molecule has 2 rings (SSSR count). The highest BCUT2D eigenvalue weighted by Crippen LogP contribution is 2.20. The number of anilines is 1. The van der Waals surface area contributed by atoms with Gasteiger partial charge in [0.15, 0.2) is 5.58 Å². The van der Waals surface area contributed by atoms with Crippen LogP contribution < -0.4 is 11.1 Å². The summed E-state index contributed by atoms with van der Waals surface area (Å²) in [5.41, 5.74) is 1.04. The van der Waals surface area contributed by atoms with Gasteiger partial charge in [-0.2, -0.15) is 0 Å². The third-order valence-corrected chi connectivity index (χ3v) is 2.29. The summed E-state index contributed by atoms with van der Waals surface area (Å²) in [7, 11) is 0. The molecule has 0 bridgehead atoms. The Balaban J connectivity index is 2.18. The molecule has 0 spiro atoms. The number of para-hydroxylation sites is 1. The molecule has 0 aliphatic rings. The van der Waals surface area contributed by atoms with Gasteiger partial charge in [0.25, 0.3) is 0 Å². The van der Waals surface area contributed by atoms with Crippen LogP contribution in [0.25, 0.3) is 11.1 Å². The van der Waals surface area contributed by atoms with Crippen LogP contribution in [0, 0.1) is 0 Å². The number of rotatable bonds is 4. The van der Waals surface area contributed by atoms with Crippen LogP contribution in [0.4, 0.5) is 5.69 Å². The summed E-state index contributed by atoms with van der Waals surface area (Å²) in [6, 6.07) is 4.84. The topological polar surface area (TPSA) is 112 Å². The molecule has 0 aliphatic heterocycles. The highest BCUT2D eigenvalue weighted by molar-refractivity contribution is 5.99. The molecule has 3 N–H and O–H groups in total. The Kier molecular flexibility index (Phi) is 3.13. The van der Waals surface area contributed by atoms with Gasteiger partial charge in [-0.15, -0.1) is 0 Å². The van der Waals surface area contributed by atoms with Gasteiger partial charge in [0.2, 0.25) is 5.91 Å². The van der Waals surface area contributed by atoms with Crippen LogP contribution in [0.5, 0.6) is 0 Å². The summed E-state index contributed by atoms with van der Waals surface area (Å²) < 4.78 is 4.88. The van der Waals surface area contributed by atoms with E-state index in [0.717, 1.165) is 0 Å². The Morgan fingerprint density at radius 3 is 2.83 bits per heavy atom. The first-order valence-corrected chi connectivity index (χ1v) is 5.20. The fraction of sp³-hybridized carbons (Fsp3) is 0.182. The predicted molar refractivity (Wildman–Crippen MR) is 62.3 cm³/mol. The number of aliphatic carboxylic acids is 1. The monoisotopic (exact) mass is 250 g/mol. The van der Waals surface area contributed by atoms with Crippen molar-refractivity contribution >= 4 is 28.7 Å². The number of aromatic nitrogens is 1. The highest BCUT2D eigenvalue weighted by atomic mass is 16.4. The molecule has 1 heterocycles. The third kappa shape index (κ3) is 2.57. The maximum Gasteiger partial charge on any atom is 0.417 e. The van der Waals surface area contributed by atoms with E-state index in [1.165, 1.54) is 0 Å². The van der Waals surface area contributed by atoms with E-state index in [4.69, 9.17) is 9.52 Å².